The summed E-state index contributed by atoms with van der Waals surface area (Å²) in [6.07, 6.45) is 2.71. The molecule has 0 aromatic heterocycles. The monoisotopic (exact) mass is 262 g/mol. The number of carbonyl (C=O) groups is 1. The molecule has 0 aliphatic rings. The van der Waals surface area contributed by atoms with Crippen molar-refractivity contribution in [2.24, 2.45) is 11.8 Å². The van der Waals surface area contributed by atoms with E-state index >= 15 is 0 Å². The third kappa shape index (κ3) is 7.12. The third-order valence-corrected chi connectivity index (χ3v) is 3.39. The Kier molecular flexibility index (Phi) is 7.42. The maximum absolute atomic E-state index is 11.5. The molecule has 0 radical (unpaired) electrons. The standard InChI is InChI=1S/C17H26O2/c1-14(2)17(18)10-9-15(3)11-12-19-13-16-7-5-4-6-8-16/h4-8,14-15H,9-13H2,1-3H3. The second-order valence-corrected chi connectivity index (χ2v) is 5.59. The van der Waals surface area contributed by atoms with Crippen molar-refractivity contribution in [2.45, 2.75) is 46.6 Å². The van der Waals surface area contributed by atoms with Gasteiger partial charge in [0.1, 0.15) is 5.78 Å². The zero-order valence-corrected chi connectivity index (χ0v) is 12.4. The van der Waals surface area contributed by atoms with Crippen LogP contribution in [-0.2, 0) is 16.1 Å². The van der Waals surface area contributed by atoms with Crippen LogP contribution in [0.5, 0.6) is 0 Å². The van der Waals surface area contributed by atoms with Crippen LogP contribution < -0.4 is 0 Å². The minimum absolute atomic E-state index is 0.168. The fourth-order valence-electron chi connectivity index (χ4n) is 1.87. The zero-order chi connectivity index (χ0) is 14.1. The minimum Gasteiger partial charge on any atom is -0.377 e. The lowest BCUT2D eigenvalue weighted by Crippen LogP contribution is -2.10. The average Bonchev–Trinajstić information content (AvgIpc) is 2.42. The van der Waals surface area contributed by atoms with E-state index in [-0.39, 0.29) is 5.92 Å². The summed E-state index contributed by atoms with van der Waals surface area (Å²) in [5, 5.41) is 0. The molecule has 1 aromatic rings. The van der Waals surface area contributed by atoms with Gasteiger partial charge in [-0.2, -0.15) is 0 Å². The van der Waals surface area contributed by atoms with Gasteiger partial charge in [0, 0.05) is 18.9 Å². The van der Waals surface area contributed by atoms with Gasteiger partial charge in [-0.3, -0.25) is 4.79 Å². The first-order valence-electron chi connectivity index (χ1n) is 7.24. The van der Waals surface area contributed by atoms with Gasteiger partial charge in [-0.05, 0) is 24.3 Å². The van der Waals surface area contributed by atoms with Crippen molar-refractivity contribution in [3.63, 3.8) is 0 Å². The lowest BCUT2D eigenvalue weighted by molar-refractivity contribution is -0.122. The molecule has 2 nitrogen and oxygen atoms in total. The van der Waals surface area contributed by atoms with Crippen LogP contribution in [0.4, 0.5) is 0 Å². The summed E-state index contributed by atoms with van der Waals surface area (Å²) >= 11 is 0. The molecule has 0 amide bonds. The van der Waals surface area contributed by atoms with E-state index in [0.717, 1.165) is 19.4 Å². The van der Waals surface area contributed by atoms with Gasteiger partial charge in [0.25, 0.3) is 0 Å². The highest BCUT2D eigenvalue weighted by atomic mass is 16.5. The van der Waals surface area contributed by atoms with Crippen LogP contribution >= 0.6 is 0 Å². The molecule has 0 fully saturated rings. The Morgan fingerprint density at radius 1 is 1.11 bits per heavy atom. The van der Waals surface area contributed by atoms with E-state index in [9.17, 15) is 4.79 Å². The van der Waals surface area contributed by atoms with Gasteiger partial charge in [0.2, 0.25) is 0 Å². The molecule has 0 bridgehead atoms. The van der Waals surface area contributed by atoms with Gasteiger partial charge < -0.3 is 4.74 Å². The molecule has 0 saturated carbocycles. The quantitative estimate of drug-likeness (QED) is 0.622. The van der Waals surface area contributed by atoms with Crippen molar-refractivity contribution in [2.75, 3.05) is 6.61 Å². The van der Waals surface area contributed by atoms with Crippen molar-refractivity contribution >= 4 is 5.78 Å². The first-order valence-corrected chi connectivity index (χ1v) is 7.24. The van der Waals surface area contributed by atoms with Crippen molar-refractivity contribution in [1.29, 1.82) is 0 Å². The first-order chi connectivity index (χ1) is 9.09. The number of hydrogen-bond acceptors (Lipinski definition) is 2. The Labute approximate surface area is 117 Å². The summed E-state index contributed by atoms with van der Waals surface area (Å²) in [6, 6.07) is 10.2. The summed E-state index contributed by atoms with van der Waals surface area (Å²) in [5.74, 6) is 1.09. The number of benzene rings is 1. The Bertz CT molecular complexity index is 357. The Morgan fingerprint density at radius 3 is 2.42 bits per heavy atom. The highest BCUT2D eigenvalue weighted by molar-refractivity contribution is 5.80. The highest BCUT2D eigenvalue weighted by Gasteiger charge is 2.09. The maximum Gasteiger partial charge on any atom is 0.135 e. The molecule has 19 heavy (non-hydrogen) atoms. The van der Waals surface area contributed by atoms with Crippen molar-refractivity contribution in [3.05, 3.63) is 35.9 Å². The number of ketones is 1. The molecule has 0 spiro atoms. The molecular weight excluding hydrogens is 236 g/mol. The molecule has 0 aliphatic carbocycles. The summed E-state index contributed by atoms with van der Waals surface area (Å²) < 4.78 is 5.66. The van der Waals surface area contributed by atoms with Crippen LogP contribution in [0.15, 0.2) is 30.3 Å². The lowest BCUT2D eigenvalue weighted by Gasteiger charge is -2.12. The Balaban J connectivity index is 2.07. The van der Waals surface area contributed by atoms with E-state index in [1.165, 1.54) is 5.56 Å². The number of ether oxygens (including phenoxy) is 1. The summed E-state index contributed by atoms with van der Waals surface area (Å²) in [7, 11) is 0. The Hall–Kier alpha value is -1.15. The topological polar surface area (TPSA) is 26.3 Å². The molecule has 0 N–H and O–H groups in total. The third-order valence-electron chi connectivity index (χ3n) is 3.39. The highest BCUT2D eigenvalue weighted by Crippen LogP contribution is 2.13. The second-order valence-electron chi connectivity index (χ2n) is 5.59. The normalized spacial score (nSPS) is 12.6. The van der Waals surface area contributed by atoms with Crippen molar-refractivity contribution < 1.29 is 9.53 Å². The molecular formula is C17H26O2. The lowest BCUT2D eigenvalue weighted by atomic mass is 9.97. The van der Waals surface area contributed by atoms with E-state index < -0.39 is 0 Å². The first kappa shape index (κ1) is 15.9. The molecule has 106 valence electrons. The molecule has 1 aromatic carbocycles. The molecule has 0 heterocycles. The molecule has 0 saturated heterocycles. The van der Waals surface area contributed by atoms with Gasteiger partial charge in [-0.25, -0.2) is 0 Å². The maximum atomic E-state index is 11.5. The van der Waals surface area contributed by atoms with Gasteiger partial charge in [-0.15, -0.1) is 0 Å². The van der Waals surface area contributed by atoms with Gasteiger partial charge in [0.15, 0.2) is 0 Å². The van der Waals surface area contributed by atoms with E-state index in [4.69, 9.17) is 4.74 Å². The fourth-order valence-corrected chi connectivity index (χ4v) is 1.87. The fraction of sp³-hybridized carbons (Fsp3) is 0.588. The summed E-state index contributed by atoms with van der Waals surface area (Å²) in [6.45, 7) is 7.58. The van der Waals surface area contributed by atoms with E-state index in [2.05, 4.69) is 19.1 Å². The molecule has 1 rings (SSSR count). The van der Waals surface area contributed by atoms with Crippen LogP contribution in [0.1, 0.15) is 45.6 Å². The predicted octanol–water partition coefficient (Wildman–Crippen LogP) is 4.23. The molecule has 2 heteroatoms. The van der Waals surface area contributed by atoms with Crippen molar-refractivity contribution in [1.82, 2.24) is 0 Å². The second kappa shape index (κ2) is 8.87. The van der Waals surface area contributed by atoms with Crippen LogP contribution in [0.25, 0.3) is 0 Å². The van der Waals surface area contributed by atoms with Crippen molar-refractivity contribution in [3.8, 4) is 0 Å². The number of carbonyl (C=O) groups excluding carboxylic acids is 1. The van der Waals surface area contributed by atoms with Gasteiger partial charge >= 0.3 is 0 Å². The number of rotatable bonds is 9. The summed E-state index contributed by atoms with van der Waals surface area (Å²) in [5.41, 5.74) is 1.21. The van der Waals surface area contributed by atoms with Gasteiger partial charge in [-0.1, -0.05) is 51.1 Å². The van der Waals surface area contributed by atoms with Gasteiger partial charge in [0.05, 0.1) is 6.61 Å². The smallest absolute Gasteiger partial charge is 0.135 e. The van der Waals surface area contributed by atoms with Crippen LogP contribution in [0, 0.1) is 11.8 Å². The van der Waals surface area contributed by atoms with E-state index in [1.807, 2.05) is 32.0 Å². The largest absolute Gasteiger partial charge is 0.377 e. The SMILES string of the molecule is CC(CCOCc1ccccc1)CCC(=O)C(C)C. The summed E-state index contributed by atoms with van der Waals surface area (Å²) in [4.78, 5) is 11.5. The van der Waals surface area contributed by atoms with Crippen LogP contribution in [0.3, 0.4) is 0 Å². The molecule has 1 unspecified atom stereocenters. The van der Waals surface area contributed by atoms with E-state index in [0.29, 0.717) is 24.7 Å². The minimum atomic E-state index is 0.168. The molecule has 0 aliphatic heterocycles. The van der Waals surface area contributed by atoms with Crippen LogP contribution in [-0.4, -0.2) is 12.4 Å². The zero-order valence-electron chi connectivity index (χ0n) is 12.4. The number of Topliss-reactive ketones (excluding diaryl/α,β-unsaturated/α-hetero) is 1. The van der Waals surface area contributed by atoms with Crippen LogP contribution in [0.2, 0.25) is 0 Å². The average molecular weight is 262 g/mol. The Morgan fingerprint density at radius 2 is 1.79 bits per heavy atom. The number of hydrogen-bond donors (Lipinski definition) is 0. The predicted molar refractivity (Wildman–Crippen MR) is 79.0 cm³/mol. The van der Waals surface area contributed by atoms with E-state index in [1.54, 1.807) is 0 Å². The molecule has 1 atom stereocenters.